The largest absolute Gasteiger partial charge is 0.459 e. The molecule has 0 saturated carbocycles. The molecule has 156 valence electrons. The number of carbonyl (C=O) groups excluding carboxylic acids is 1. The van der Waals surface area contributed by atoms with E-state index in [0.29, 0.717) is 5.76 Å². The van der Waals surface area contributed by atoms with E-state index in [1.54, 1.807) is 18.4 Å². The summed E-state index contributed by atoms with van der Waals surface area (Å²) in [6.07, 6.45) is 4.39. The van der Waals surface area contributed by atoms with Crippen LogP contribution in [0.3, 0.4) is 0 Å². The number of aryl methyl sites for hydroxylation is 1. The molecule has 1 saturated heterocycles. The van der Waals surface area contributed by atoms with Crippen molar-refractivity contribution in [3.63, 3.8) is 0 Å². The molecule has 4 rings (SSSR count). The average Bonchev–Trinajstić information content (AvgIpc) is 3.32. The number of halogens is 1. The lowest BCUT2D eigenvalue weighted by Gasteiger charge is -2.38. The molecule has 1 amide bonds. The van der Waals surface area contributed by atoms with Crippen molar-refractivity contribution in [2.24, 2.45) is 0 Å². The highest BCUT2D eigenvalue weighted by Crippen LogP contribution is 2.27. The normalized spacial score (nSPS) is 15.3. The van der Waals surface area contributed by atoms with Crippen LogP contribution in [0, 0.1) is 0 Å². The molecule has 1 aliphatic rings. The van der Waals surface area contributed by atoms with Gasteiger partial charge in [0.2, 0.25) is 0 Å². The van der Waals surface area contributed by atoms with Gasteiger partial charge < -0.3 is 9.32 Å². The van der Waals surface area contributed by atoms with E-state index >= 15 is 0 Å². The third kappa shape index (κ3) is 4.77. The van der Waals surface area contributed by atoms with Crippen molar-refractivity contribution in [2.75, 3.05) is 18.0 Å². The summed E-state index contributed by atoms with van der Waals surface area (Å²) in [5.74, 6) is 0.318. The van der Waals surface area contributed by atoms with Gasteiger partial charge in [0.1, 0.15) is 0 Å². The number of piperidine rings is 1. The van der Waals surface area contributed by atoms with Gasteiger partial charge in [-0.1, -0.05) is 42.8 Å². The van der Waals surface area contributed by atoms with E-state index < -0.39 is 0 Å². The third-order valence-electron chi connectivity index (χ3n) is 5.82. The number of hydrogen-bond donors (Lipinski definition) is 0. The molecule has 0 aliphatic carbocycles. The Kier molecular flexibility index (Phi) is 6.56. The van der Waals surface area contributed by atoms with Gasteiger partial charge in [-0.2, -0.15) is 0 Å². The predicted molar refractivity (Wildman–Crippen MR) is 121 cm³/mol. The Labute approximate surface area is 183 Å². The van der Waals surface area contributed by atoms with Crippen LogP contribution in [-0.2, 0) is 13.0 Å². The summed E-state index contributed by atoms with van der Waals surface area (Å²) in [4.78, 5) is 17.6. The van der Waals surface area contributed by atoms with Crippen LogP contribution in [0.25, 0.3) is 0 Å². The van der Waals surface area contributed by atoms with Crippen LogP contribution in [0.1, 0.15) is 41.4 Å². The number of likely N-dealkylation sites (tertiary alicyclic amines) is 1. The molecule has 1 aromatic heterocycles. The van der Waals surface area contributed by atoms with Crippen molar-refractivity contribution in [2.45, 2.75) is 38.8 Å². The molecular weight excluding hydrogens is 396 g/mol. The molecule has 3 aromatic rings. The highest BCUT2D eigenvalue weighted by Gasteiger charge is 2.31. The lowest BCUT2D eigenvalue weighted by atomic mass is 10.0. The van der Waals surface area contributed by atoms with Crippen LogP contribution in [0.5, 0.6) is 0 Å². The second kappa shape index (κ2) is 9.50. The minimum Gasteiger partial charge on any atom is -0.459 e. The van der Waals surface area contributed by atoms with Gasteiger partial charge in [-0.3, -0.25) is 9.69 Å². The number of anilines is 1. The van der Waals surface area contributed by atoms with Crippen LogP contribution in [0.15, 0.2) is 71.3 Å². The number of hydrogen-bond acceptors (Lipinski definition) is 3. The monoisotopic (exact) mass is 422 g/mol. The van der Waals surface area contributed by atoms with E-state index in [-0.39, 0.29) is 11.9 Å². The summed E-state index contributed by atoms with van der Waals surface area (Å²) in [5, 5.41) is 0.763. The lowest BCUT2D eigenvalue weighted by molar-refractivity contribution is 0.0931. The molecular formula is C25H27ClN2O2. The first kappa shape index (κ1) is 20.7. The molecule has 0 atom stereocenters. The van der Waals surface area contributed by atoms with Crippen molar-refractivity contribution in [3.8, 4) is 0 Å². The fraction of sp³-hybridized carbons (Fsp3) is 0.320. The number of nitrogens with zero attached hydrogens (tertiary/aromatic N) is 2. The predicted octanol–water partition coefficient (Wildman–Crippen LogP) is 5.81. The first-order chi connectivity index (χ1) is 14.6. The van der Waals surface area contributed by atoms with Gasteiger partial charge in [-0.25, -0.2) is 0 Å². The number of furan rings is 1. The van der Waals surface area contributed by atoms with Gasteiger partial charge in [-0.15, -0.1) is 0 Å². The number of amides is 1. The molecule has 0 bridgehead atoms. The topological polar surface area (TPSA) is 36.7 Å². The summed E-state index contributed by atoms with van der Waals surface area (Å²) in [7, 11) is 0. The Balaban J connectivity index is 1.48. The highest BCUT2D eigenvalue weighted by atomic mass is 35.5. The van der Waals surface area contributed by atoms with Crippen molar-refractivity contribution < 1.29 is 9.21 Å². The Morgan fingerprint density at radius 1 is 1.03 bits per heavy atom. The van der Waals surface area contributed by atoms with Gasteiger partial charge in [0, 0.05) is 36.4 Å². The standard InChI is InChI=1S/C25H27ClN2O2/c1-2-19-7-11-22(12-8-19)28(25(29)24-4-3-17-30-24)23-13-15-27(16-14-23)18-20-5-9-21(26)10-6-20/h3-12,17,23H,2,13-16,18H2,1H3. The van der Waals surface area contributed by atoms with E-state index in [0.717, 1.165) is 49.6 Å². The SMILES string of the molecule is CCc1ccc(N(C(=O)c2ccco2)C2CCN(Cc3ccc(Cl)cc3)CC2)cc1. The summed E-state index contributed by atoms with van der Waals surface area (Å²) in [6, 6.07) is 20.0. The van der Waals surface area contributed by atoms with E-state index in [1.807, 2.05) is 17.0 Å². The summed E-state index contributed by atoms with van der Waals surface area (Å²) in [5.41, 5.74) is 3.46. The van der Waals surface area contributed by atoms with Crippen molar-refractivity contribution in [3.05, 3.63) is 88.8 Å². The van der Waals surface area contributed by atoms with Gasteiger partial charge in [0.05, 0.1) is 6.26 Å². The third-order valence-corrected chi connectivity index (χ3v) is 6.07. The zero-order valence-corrected chi connectivity index (χ0v) is 18.0. The maximum Gasteiger partial charge on any atom is 0.294 e. The van der Waals surface area contributed by atoms with E-state index in [4.69, 9.17) is 16.0 Å². The fourth-order valence-electron chi connectivity index (χ4n) is 4.09. The van der Waals surface area contributed by atoms with Crippen LogP contribution in [-0.4, -0.2) is 29.9 Å². The number of benzene rings is 2. The molecule has 4 nitrogen and oxygen atoms in total. The Morgan fingerprint density at radius 2 is 1.70 bits per heavy atom. The van der Waals surface area contributed by atoms with Crippen molar-refractivity contribution in [1.82, 2.24) is 4.90 Å². The maximum absolute atomic E-state index is 13.3. The minimum absolute atomic E-state index is 0.0691. The zero-order valence-electron chi connectivity index (χ0n) is 17.3. The van der Waals surface area contributed by atoms with Gasteiger partial charge in [0.25, 0.3) is 5.91 Å². The second-order valence-electron chi connectivity index (χ2n) is 7.81. The van der Waals surface area contributed by atoms with E-state index in [2.05, 4.69) is 48.2 Å². The van der Waals surface area contributed by atoms with Crippen LogP contribution < -0.4 is 4.90 Å². The maximum atomic E-state index is 13.3. The zero-order chi connectivity index (χ0) is 20.9. The van der Waals surface area contributed by atoms with Crippen LogP contribution >= 0.6 is 11.6 Å². The highest BCUT2D eigenvalue weighted by molar-refractivity contribution is 6.30. The average molecular weight is 423 g/mol. The van der Waals surface area contributed by atoms with Crippen molar-refractivity contribution in [1.29, 1.82) is 0 Å². The first-order valence-corrected chi connectivity index (χ1v) is 10.9. The lowest BCUT2D eigenvalue weighted by Crippen LogP contribution is -2.47. The van der Waals surface area contributed by atoms with Crippen LogP contribution in [0.4, 0.5) is 5.69 Å². The molecule has 30 heavy (non-hydrogen) atoms. The Bertz CT molecular complexity index is 944. The van der Waals surface area contributed by atoms with Crippen molar-refractivity contribution >= 4 is 23.2 Å². The second-order valence-corrected chi connectivity index (χ2v) is 8.24. The van der Waals surface area contributed by atoms with Crippen LogP contribution in [0.2, 0.25) is 5.02 Å². The molecule has 1 fully saturated rings. The Morgan fingerprint density at radius 3 is 2.30 bits per heavy atom. The molecule has 0 radical (unpaired) electrons. The van der Waals surface area contributed by atoms with Gasteiger partial charge in [-0.05, 0) is 66.8 Å². The van der Waals surface area contributed by atoms with Gasteiger partial charge >= 0.3 is 0 Å². The minimum atomic E-state index is -0.0691. The molecule has 0 unspecified atom stereocenters. The molecule has 2 heterocycles. The van der Waals surface area contributed by atoms with E-state index in [1.165, 1.54) is 11.1 Å². The Hall–Kier alpha value is -2.56. The summed E-state index contributed by atoms with van der Waals surface area (Å²) in [6.45, 7) is 4.93. The summed E-state index contributed by atoms with van der Waals surface area (Å²) < 4.78 is 5.43. The smallest absolute Gasteiger partial charge is 0.294 e. The fourth-order valence-corrected chi connectivity index (χ4v) is 4.21. The number of rotatable bonds is 6. The first-order valence-electron chi connectivity index (χ1n) is 10.6. The molecule has 0 N–H and O–H groups in total. The summed E-state index contributed by atoms with van der Waals surface area (Å²) >= 11 is 6.00. The quantitative estimate of drug-likeness (QED) is 0.503. The number of carbonyl (C=O) groups is 1. The molecule has 2 aromatic carbocycles. The van der Waals surface area contributed by atoms with E-state index in [9.17, 15) is 4.79 Å². The van der Waals surface area contributed by atoms with Gasteiger partial charge in [0.15, 0.2) is 5.76 Å². The molecule has 0 spiro atoms. The molecule has 1 aliphatic heterocycles. The molecule has 5 heteroatoms.